The molecule has 2 aromatic carbocycles. The molecule has 0 aliphatic carbocycles. The topological polar surface area (TPSA) is 108 Å². The third kappa shape index (κ3) is 3.76. The number of amides is 3. The molecule has 1 atom stereocenters. The van der Waals surface area contributed by atoms with Gasteiger partial charge in [0.15, 0.2) is 0 Å². The van der Waals surface area contributed by atoms with Crippen molar-refractivity contribution >= 4 is 17.7 Å². The lowest BCUT2D eigenvalue weighted by atomic mass is 9.82. The van der Waals surface area contributed by atoms with Gasteiger partial charge in [0.2, 0.25) is 11.8 Å². The zero-order valence-corrected chi connectivity index (χ0v) is 21.0. The number of benzene rings is 2. The molecule has 4 aliphatic heterocycles. The minimum Gasteiger partial charge on any atom is -0.365 e. The molecular weight excluding hydrogens is 482 g/mol. The van der Waals surface area contributed by atoms with Gasteiger partial charge in [-0.2, -0.15) is 5.10 Å². The van der Waals surface area contributed by atoms with Crippen molar-refractivity contribution in [2.24, 2.45) is 0 Å². The highest BCUT2D eigenvalue weighted by atomic mass is 16.5. The number of aromatic nitrogens is 2. The minimum atomic E-state index is -0.603. The number of rotatable bonds is 4. The largest absolute Gasteiger partial charge is 0.365 e. The Balaban J connectivity index is 1.06. The smallest absolute Gasteiger partial charge is 0.255 e. The van der Waals surface area contributed by atoms with Crippen molar-refractivity contribution in [1.82, 2.24) is 25.3 Å². The van der Waals surface area contributed by atoms with Crippen LogP contribution in [0, 0.1) is 0 Å². The van der Waals surface area contributed by atoms with Crippen LogP contribution in [0.2, 0.25) is 0 Å². The maximum Gasteiger partial charge on any atom is 0.255 e. The van der Waals surface area contributed by atoms with E-state index in [0.717, 1.165) is 54.9 Å². The fourth-order valence-electron chi connectivity index (χ4n) is 6.58. The van der Waals surface area contributed by atoms with Gasteiger partial charge in [-0.3, -0.25) is 29.7 Å². The van der Waals surface area contributed by atoms with Crippen molar-refractivity contribution in [2.45, 2.75) is 57.0 Å². The maximum absolute atomic E-state index is 13.2. The van der Waals surface area contributed by atoms with E-state index in [0.29, 0.717) is 25.1 Å². The van der Waals surface area contributed by atoms with Crippen molar-refractivity contribution in [3.05, 3.63) is 76.5 Å². The van der Waals surface area contributed by atoms with Gasteiger partial charge in [0.1, 0.15) is 6.04 Å². The summed E-state index contributed by atoms with van der Waals surface area (Å²) < 4.78 is 6.50. The SMILES string of the molecule is O=C1CCC(N2Cc3c(ccc4c3COC43CCN(Cc4cccc(-c5cc[nH]n5)c4)CC3)C2=O)C(=O)N1. The van der Waals surface area contributed by atoms with Gasteiger partial charge in [-0.1, -0.05) is 24.3 Å². The summed E-state index contributed by atoms with van der Waals surface area (Å²) in [5.41, 5.74) is 6.92. The third-order valence-electron chi connectivity index (χ3n) is 8.61. The molecule has 2 N–H and O–H groups in total. The number of ether oxygens (including phenoxy) is 1. The fourth-order valence-corrected chi connectivity index (χ4v) is 6.58. The first-order chi connectivity index (χ1) is 18.5. The summed E-state index contributed by atoms with van der Waals surface area (Å²) in [6.45, 7) is 3.60. The first-order valence-corrected chi connectivity index (χ1v) is 13.3. The van der Waals surface area contributed by atoms with Gasteiger partial charge in [-0.15, -0.1) is 0 Å². The molecule has 9 nitrogen and oxygen atoms in total. The third-order valence-corrected chi connectivity index (χ3v) is 8.61. The summed E-state index contributed by atoms with van der Waals surface area (Å²) in [7, 11) is 0. The summed E-state index contributed by atoms with van der Waals surface area (Å²) in [5.74, 6) is -0.789. The Morgan fingerprint density at radius 1 is 1.05 bits per heavy atom. The van der Waals surface area contributed by atoms with Crippen LogP contribution in [0.25, 0.3) is 11.3 Å². The van der Waals surface area contributed by atoms with E-state index in [9.17, 15) is 14.4 Å². The number of aromatic amines is 1. The highest BCUT2D eigenvalue weighted by Gasteiger charge is 2.47. The molecule has 5 heterocycles. The summed E-state index contributed by atoms with van der Waals surface area (Å²) in [6, 6.07) is 13.9. The van der Waals surface area contributed by atoms with Gasteiger partial charge in [0.25, 0.3) is 5.91 Å². The van der Waals surface area contributed by atoms with Gasteiger partial charge in [0, 0.05) is 49.9 Å². The lowest BCUT2D eigenvalue weighted by Crippen LogP contribution is -2.52. The molecule has 1 unspecified atom stereocenters. The van der Waals surface area contributed by atoms with Crippen LogP contribution < -0.4 is 5.32 Å². The molecule has 2 fully saturated rings. The zero-order chi connectivity index (χ0) is 25.9. The summed E-state index contributed by atoms with van der Waals surface area (Å²) in [6.07, 6.45) is 4.24. The molecule has 0 radical (unpaired) electrons. The van der Waals surface area contributed by atoms with E-state index in [2.05, 4.69) is 50.7 Å². The normalized spacial score (nSPS) is 22.6. The number of nitrogens with one attached hydrogen (secondary N) is 2. The van der Waals surface area contributed by atoms with Crippen molar-refractivity contribution < 1.29 is 19.1 Å². The van der Waals surface area contributed by atoms with Gasteiger partial charge in [-0.25, -0.2) is 0 Å². The van der Waals surface area contributed by atoms with Crippen LogP contribution in [0.1, 0.15) is 58.3 Å². The number of hydrogen-bond donors (Lipinski definition) is 2. The minimum absolute atomic E-state index is 0.134. The molecule has 9 heteroatoms. The maximum atomic E-state index is 13.2. The van der Waals surface area contributed by atoms with Crippen molar-refractivity contribution in [3.63, 3.8) is 0 Å². The Labute approximate surface area is 220 Å². The van der Waals surface area contributed by atoms with Gasteiger partial charge >= 0.3 is 0 Å². The van der Waals surface area contributed by atoms with E-state index >= 15 is 0 Å². The number of fused-ring (bicyclic) bond motifs is 4. The van der Waals surface area contributed by atoms with E-state index in [1.807, 2.05) is 18.3 Å². The van der Waals surface area contributed by atoms with Crippen LogP contribution in [0.5, 0.6) is 0 Å². The van der Waals surface area contributed by atoms with E-state index < -0.39 is 6.04 Å². The number of imide groups is 1. The van der Waals surface area contributed by atoms with Crippen LogP contribution in [0.3, 0.4) is 0 Å². The molecule has 1 aromatic heterocycles. The summed E-state index contributed by atoms with van der Waals surface area (Å²) in [5, 5.41) is 9.56. The Hall–Kier alpha value is -3.82. The van der Waals surface area contributed by atoms with Crippen molar-refractivity contribution in [1.29, 1.82) is 0 Å². The lowest BCUT2D eigenvalue weighted by molar-refractivity contribution is -0.136. The van der Waals surface area contributed by atoms with E-state index in [-0.39, 0.29) is 29.7 Å². The Bertz CT molecular complexity index is 1440. The number of carbonyl (C=O) groups excluding carboxylic acids is 3. The number of H-pyrrole nitrogens is 1. The second kappa shape index (κ2) is 8.89. The predicted octanol–water partition coefficient (Wildman–Crippen LogP) is 2.86. The molecule has 194 valence electrons. The fraction of sp³-hybridized carbons (Fsp3) is 0.379. The molecule has 3 amide bonds. The molecule has 38 heavy (non-hydrogen) atoms. The molecule has 2 saturated heterocycles. The molecule has 3 aromatic rings. The van der Waals surface area contributed by atoms with Gasteiger partial charge in [0.05, 0.1) is 17.9 Å². The number of hydrogen-bond acceptors (Lipinski definition) is 6. The van der Waals surface area contributed by atoms with E-state index in [1.54, 1.807) is 4.90 Å². The van der Waals surface area contributed by atoms with Crippen molar-refractivity contribution in [3.8, 4) is 11.3 Å². The molecule has 0 bridgehead atoms. The first-order valence-electron chi connectivity index (χ1n) is 13.3. The Kier molecular flexibility index (Phi) is 5.45. The first kappa shape index (κ1) is 23.3. The number of nitrogens with zero attached hydrogens (tertiary/aromatic N) is 3. The van der Waals surface area contributed by atoms with Crippen LogP contribution in [0.15, 0.2) is 48.7 Å². The van der Waals surface area contributed by atoms with Crippen molar-refractivity contribution in [2.75, 3.05) is 13.1 Å². The quantitative estimate of drug-likeness (QED) is 0.522. The molecular formula is C29H29N5O4. The molecule has 1 spiro atoms. The van der Waals surface area contributed by atoms with Gasteiger partial charge < -0.3 is 9.64 Å². The summed E-state index contributed by atoms with van der Waals surface area (Å²) in [4.78, 5) is 41.3. The molecule has 7 rings (SSSR count). The summed E-state index contributed by atoms with van der Waals surface area (Å²) >= 11 is 0. The van der Waals surface area contributed by atoms with Crippen LogP contribution in [0.4, 0.5) is 0 Å². The predicted molar refractivity (Wildman–Crippen MR) is 137 cm³/mol. The van der Waals surface area contributed by atoms with Crippen LogP contribution >= 0.6 is 0 Å². The van der Waals surface area contributed by atoms with E-state index in [4.69, 9.17) is 4.74 Å². The Morgan fingerprint density at radius 3 is 2.71 bits per heavy atom. The number of piperidine rings is 2. The van der Waals surface area contributed by atoms with Gasteiger partial charge in [-0.05, 0) is 59.7 Å². The zero-order valence-electron chi connectivity index (χ0n) is 21.0. The van der Waals surface area contributed by atoms with Crippen LogP contribution in [-0.4, -0.2) is 56.9 Å². The average Bonchev–Trinajstić information content (AvgIpc) is 3.65. The second-order valence-electron chi connectivity index (χ2n) is 10.7. The van der Waals surface area contributed by atoms with E-state index in [1.165, 1.54) is 11.1 Å². The highest BCUT2D eigenvalue weighted by molar-refractivity contribution is 6.05. The Morgan fingerprint density at radius 2 is 1.92 bits per heavy atom. The standard InChI is InChI=1S/C29H29N5O4/c35-26-7-6-25(27(36)31-26)34-16-21-20(28(34)37)4-5-23-22(21)17-38-29(23)9-12-33(13-10-29)15-18-2-1-3-19(14-18)24-8-11-30-32-24/h1-5,8,11,14,25H,6-7,9-10,12-13,15-17H2,(H,30,32)(H,31,35,36). The van der Waals surface area contributed by atoms with Crippen LogP contribution in [-0.2, 0) is 39.6 Å². The monoisotopic (exact) mass is 511 g/mol. The lowest BCUT2D eigenvalue weighted by Gasteiger charge is -2.39. The molecule has 0 saturated carbocycles. The average molecular weight is 512 g/mol. The number of carbonyl (C=O) groups is 3. The number of likely N-dealkylation sites (tertiary alicyclic amines) is 1. The highest BCUT2D eigenvalue weighted by Crippen LogP contribution is 2.47. The molecule has 4 aliphatic rings. The second-order valence-corrected chi connectivity index (χ2v) is 10.7.